The minimum Gasteiger partial charge on any atom is -0.353 e. The van der Waals surface area contributed by atoms with Gasteiger partial charge in [-0.3, -0.25) is 14.5 Å². The summed E-state index contributed by atoms with van der Waals surface area (Å²) >= 11 is 1.53. The Bertz CT molecular complexity index is 696. The standard InChI is InChI=1S/C21H31N3O2S/c1-15-9-16(2)11-23(10-15)21(3,4)14-22-19(25)12-24-17-7-5-6-8-18(17)27-13-20(24)26/h5-8,15-16H,9-14H2,1-4H3,(H,22,25). The van der Waals surface area contributed by atoms with Crippen molar-refractivity contribution >= 4 is 29.3 Å². The van der Waals surface area contributed by atoms with Gasteiger partial charge in [-0.25, -0.2) is 0 Å². The van der Waals surface area contributed by atoms with E-state index in [2.05, 4.69) is 37.9 Å². The summed E-state index contributed by atoms with van der Waals surface area (Å²) in [5.74, 6) is 1.65. The maximum absolute atomic E-state index is 12.6. The summed E-state index contributed by atoms with van der Waals surface area (Å²) in [5, 5.41) is 3.07. The molecule has 2 aliphatic heterocycles. The number of amides is 2. The van der Waals surface area contributed by atoms with Crippen molar-refractivity contribution in [3.8, 4) is 0 Å². The SMILES string of the molecule is CC1CC(C)CN(C(C)(C)CNC(=O)CN2C(=O)CSc3ccccc32)C1. The topological polar surface area (TPSA) is 52.7 Å². The molecular formula is C21H31N3O2S. The minimum atomic E-state index is -0.101. The first kappa shape index (κ1) is 20.2. The van der Waals surface area contributed by atoms with Crippen molar-refractivity contribution in [3.05, 3.63) is 24.3 Å². The van der Waals surface area contributed by atoms with E-state index in [0.29, 0.717) is 24.1 Å². The lowest BCUT2D eigenvalue weighted by molar-refractivity contribution is -0.123. The van der Waals surface area contributed by atoms with E-state index in [1.54, 1.807) is 4.90 Å². The smallest absolute Gasteiger partial charge is 0.240 e. The number of anilines is 1. The van der Waals surface area contributed by atoms with Gasteiger partial charge in [-0.15, -0.1) is 11.8 Å². The van der Waals surface area contributed by atoms with Crippen LogP contribution < -0.4 is 10.2 Å². The van der Waals surface area contributed by atoms with Gasteiger partial charge in [0.05, 0.1) is 11.4 Å². The molecule has 0 radical (unpaired) electrons. The van der Waals surface area contributed by atoms with Crippen molar-refractivity contribution < 1.29 is 9.59 Å². The highest BCUT2D eigenvalue weighted by Gasteiger charge is 2.33. The molecule has 2 heterocycles. The monoisotopic (exact) mass is 389 g/mol. The molecule has 27 heavy (non-hydrogen) atoms. The van der Waals surface area contributed by atoms with E-state index >= 15 is 0 Å². The number of para-hydroxylation sites is 1. The molecule has 3 rings (SSSR count). The summed E-state index contributed by atoms with van der Waals surface area (Å²) in [5.41, 5.74) is 0.741. The molecule has 1 saturated heterocycles. The summed E-state index contributed by atoms with van der Waals surface area (Å²) in [6.45, 7) is 11.8. The summed E-state index contributed by atoms with van der Waals surface area (Å²) in [6, 6.07) is 7.78. The molecule has 2 unspecified atom stereocenters. The number of nitrogens with one attached hydrogen (secondary N) is 1. The van der Waals surface area contributed by atoms with Crippen LogP contribution in [-0.4, -0.2) is 54.2 Å². The zero-order valence-corrected chi connectivity index (χ0v) is 17.6. The number of likely N-dealkylation sites (tertiary alicyclic amines) is 1. The molecule has 1 aromatic rings. The average molecular weight is 390 g/mol. The third kappa shape index (κ3) is 4.85. The van der Waals surface area contributed by atoms with E-state index in [1.807, 2.05) is 24.3 Å². The van der Waals surface area contributed by atoms with Crippen molar-refractivity contribution in [2.24, 2.45) is 11.8 Å². The Kier molecular flexibility index (Phi) is 6.16. The first-order valence-electron chi connectivity index (χ1n) is 9.80. The number of thioether (sulfide) groups is 1. The van der Waals surface area contributed by atoms with Gasteiger partial charge in [-0.2, -0.15) is 0 Å². The van der Waals surface area contributed by atoms with Crippen molar-refractivity contribution in [3.63, 3.8) is 0 Å². The molecule has 1 N–H and O–H groups in total. The van der Waals surface area contributed by atoms with Gasteiger partial charge in [-0.1, -0.05) is 26.0 Å². The molecule has 0 saturated carbocycles. The Morgan fingerprint density at radius 1 is 1.22 bits per heavy atom. The molecule has 0 bridgehead atoms. The molecule has 0 spiro atoms. The number of fused-ring (bicyclic) bond motifs is 1. The maximum Gasteiger partial charge on any atom is 0.240 e. The normalized spacial score (nSPS) is 23.9. The third-order valence-corrected chi connectivity index (χ3v) is 6.60. The fraction of sp³-hybridized carbons (Fsp3) is 0.619. The van der Waals surface area contributed by atoms with Crippen LogP contribution in [0.15, 0.2) is 29.2 Å². The summed E-state index contributed by atoms with van der Waals surface area (Å²) in [6.07, 6.45) is 1.27. The van der Waals surface area contributed by atoms with E-state index in [9.17, 15) is 9.59 Å². The summed E-state index contributed by atoms with van der Waals surface area (Å²) in [7, 11) is 0. The number of hydrogen-bond acceptors (Lipinski definition) is 4. The van der Waals surface area contributed by atoms with Crippen LogP contribution in [0.25, 0.3) is 0 Å². The Morgan fingerprint density at radius 2 is 1.89 bits per heavy atom. The average Bonchev–Trinajstić information content (AvgIpc) is 2.62. The fourth-order valence-electron chi connectivity index (χ4n) is 4.11. The quantitative estimate of drug-likeness (QED) is 0.841. The Balaban J connectivity index is 1.59. The lowest BCUT2D eigenvalue weighted by atomic mass is 9.88. The number of benzene rings is 1. The maximum atomic E-state index is 12.6. The van der Waals surface area contributed by atoms with Crippen molar-refractivity contribution in [2.45, 2.75) is 44.6 Å². The van der Waals surface area contributed by atoms with Crippen molar-refractivity contribution in [1.82, 2.24) is 10.2 Å². The van der Waals surface area contributed by atoms with E-state index in [1.165, 1.54) is 18.2 Å². The van der Waals surface area contributed by atoms with Crippen LogP contribution >= 0.6 is 11.8 Å². The fourth-order valence-corrected chi connectivity index (χ4v) is 5.05. The summed E-state index contributed by atoms with van der Waals surface area (Å²) in [4.78, 5) is 30.1. The highest BCUT2D eigenvalue weighted by molar-refractivity contribution is 8.00. The van der Waals surface area contributed by atoms with E-state index in [-0.39, 0.29) is 23.9 Å². The number of hydrogen-bond donors (Lipinski definition) is 1. The van der Waals surface area contributed by atoms with Crippen LogP contribution in [-0.2, 0) is 9.59 Å². The zero-order valence-electron chi connectivity index (χ0n) is 16.8. The highest BCUT2D eigenvalue weighted by atomic mass is 32.2. The first-order valence-corrected chi connectivity index (χ1v) is 10.8. The van der Waals surface area contributed by atoms with Gasteiger partial charge in [0.15, 0.2) is 0 Å². The molecule has 5 nitrogen and oxygen atoms in total. The van der Waals surface area contributed by atoms with Gasteiger partial charge in [0.25, 0.3) is 0 Å². The van der Waals surface area contributed by atoms with Gasteiger partial charge in [0.2, 0.25) is 11.8 Å². The van der Waals surface area contributed by atoms with Gasteiger partial charge in [0, 0.05) is 30.1 Å². The Labute approximate surface area is 166 Å². The third-order valence-electron chi connectivity index (χ3n) is 5.55. The predicted octanol–water partition coefficient (Wildman–Crippen LogP) is 3.00. The van der Waals surface area contributed by atoms with E-state index in [0.717, 1.165) is 23.7 Å². The first-order chi connectivity index (χ1) is 12.8. The number of nitrogens with zero attached hydrogens (tertiary/aromatic N) is 2. The number of carbonyl (C=O) groups excluding carboxylic acids is 2. The molecule has 1 fully saturated rings. The van der Waals surface area contributed by atoms with Crippen LogP contribution in [0.1, 0.15) is 34.1 Å². The van der Waals surface area contributed by atoms with E-state index < -0.39 is 0 Å². The largest absolute Gasteiger partial charge is 0.353 e. The minimum absolute atomic E-state index is 0.00760. The molecule has 6 heteroatoms. The van der Waals surface area contributed by atoms with Gasteiger partial charge >= 0.3 is 0 Å². The lowest BCUT2D eigenvalue weighted by Crippen LogP contribution is -2.57. The number of piperidine rings is 1. The Hall–Kier alpha value is -1.53. The highest BCUT2D eigenvalue weighted by Crippen LogP contribution is 2.34. The molecule has 0 aliphatic carbocycles. The number of carbonyl (C=O) groups is 2. The second-order valence-corrected chi connectivity index (χ2v) is 9.69. The van der Waals surface area contributed by atoms with Gasteiger partial charge in [0.1, 0.15) is 6.54 Å². The molecule has 2 aliphatic rings. The second kappa shape index (κ2) is 8.23. The van der Waals surface area contributed by atoms with Crippen molar-refractivity contribution in [1.29, 1.82) is 0 Å². The Morgan fingerprint density at radius 3 is 2.59 bits per heavy atom. The zero-order chi connectivity index (χ0) is 19.6. The molecule has 148 valence electrons. The predicted molar refractivity (Wildman–Crippen MR) is 111 cm³/mol. The molecular weight excluding hydrogens is 358 g/mol. The van der Waals surface area contributed by atoms with Crippen LogP contribution in [0.3, 0.4) is 0 Å². The second-order valence-electron chi connectivity index (χ2n) is 8.68. The number of rotatable bonds is 5. The van der Waals surface area contributed by atoms with Crippen LogP contribution in [0.5, 0.6) is 0 Å². The molecule has 0 aromatic heterocycles. The van der Waals surface area contributed by atoms with Crippen LogP contribution in [0, 0.1) is 11.8 Å². The van der Waals surface area contributed by atoms with E-state index in [4.69, 9.17) is 0 Å². The van der Waals surface area contributed by atoms with Gasteiger partial charge < -0.3 is 10.2 Å². The molecule has 1 aromatic carbocycles. The van der Waals surface area contributed by atoms with Gasteiger partial charge in [-0.05, 0) is 44.2 Å². The van der Waals surface area contributed by atoms with Crippen LogP contribution in [0.2, 0.25) is 0 Å². The van der Waals surface area contributed by atoms with Crippen molar-refractivity contribution in [2.75, 3.05) is 36.8 Å². The lowest BCUT2D eigenvalue weighted by Gasteiger charge is -2.45. The molecule has 2 amide bonds. The summed E-state index contributed by atoms with van der Waals surface area (Å²) < 4.78 is 0. The van der Waals surface area contributed by atoms with Crippen LogP contribution in [0.4, 0.5) is 5.69 Å². The molecule has 2 atom stereocenters.